The van der Waals surface area contributed by atoms with Gasteiger partial charge in [0.1, 0.15) is 0 Å². The SMILES string of the molecule is CN(C)C1(c2cccc(Br)c2)COC1. The molecule has 0 N–H and O–H groups in total. The van der Waals surface area contributed by atoms with Gasteiger partial charge in [0.05, 0.1) is 18.8 Å². The molecule has 1 saturated heterocycles. The minimum atomic E-state index is 0.0871. The molecular formula is C11H14BrNO. The standard InChI is InChI=1S/C11H14BrNO/c1-13(2)11(7-14-8-11)9-4-3-5-10(12)6-9/h3-6H,7-8H2,1-2H3. The number of nitrogens with zero attached hydrogens (tertiary/aromatic N) is 1. The average Bonchev–Trinajstić information content (AvgIpc) is 2.00. The maximum atomic E-state index is 5.34. The van der Waals surface area contributed by atoms with E-state index in [2.05, 4.69) is 53.1 Å². The van der Waals surface area contributed by atoms with E-state index in [9.17, 15) is 0 Å². The summed E-state index contributed by atoms with van der Waals surface area (Å²) < 4.78 is 6.46. The van der Waals surface area contributed by atoms with Gasteiger partial charge in [-0.25, -0.2) is 0 Å². The summed E-state index contributed by atoms with van der Waals surface area (Å²) in [5.74, 6) is 0. The highest BCUT2D eigenvalue weighted by atomic mass is 79.9. The van der Waals surface area contributed by atoms with Gasteiger partial charge in [-0.15, -0.1) is 0 Å². The first-order valence-corrected chi connectivity index (χ1v) is 5.46. The van der Waals surface area contributed by atoms with Gasteiger partial charge in [-0.1, -0.05) is 28.1 Å². The summed E-state index contributed by atoms with van der Waals surface area (Å²) in [6.45, 7) is 1.58. The number of benzene rings is 1. The highest BCUT2D eigenvalue weighted by molar-refractivity contribution is 9.10. The van der Waals surface area contributed by atoms with Gasteiger partial charge in [0.15, 0.2) is 0 Å². The fraction of sp³-hybridized carbons (Fsp3) is 0.455. The lowest BCUT2D eigenvalue weighted by Gasteiger charge is -2.47. The van der Waals surface area contributed by atoms with Gasteiger partial charge in [0, 0.05) is 4.47 Å². The first kappa shape index (κ1) is 10.1. The molecule has 0 saturated carbocycles. The summed E-state index contributed by atoms with van der Waals surface area (Å²) in [7, 11) is 4.20. The van der Waals surface area contributed by atoms with Crippen molar-refractivity contribution in [1.82, 2.24) is 4.90 Å². The zero-order chi connectivity index (χ0) is 10.2. The number of hydrogen-bond acceptors (Lipinski definition) is 2. The van der Waals surface area contributed by atoms with Crippen LogP contribution >= 0.6 is 15.9 Å². The van der Waals surface area contributed by atoms with Crippen LogP contribution in [0.4, 0.5) is 0 Å². The van der Waals surface area contributed by atoms with Crippen molar-refractivity contribution in [3.8, 4) is 0 Å². The lowest BCUT2D eigenvalue weighted by Crippen LogP contribution is -2.56. The third-order valence-corrected chi connectivity index (χ3v) is 3.39. The second-order valence-corrected chi connectivity index (χ2v) is 4.84. The van der Waals surface area contributed by atoms with Gasteiger partial charge < -0.3 is 4.74 Å². The van der Waals surface area contributed by atoms with E-state index in [1.807, 2.05) is 6.07 Å². The Kier molecular flexibility index (Phi) is 2.64. The molecule has 14 heavy (non-hydrogen) atoms. The molecule has 0 amide bonds. The number of ether oxygens (including phenoxy) is 1. The summed E-state index contributed by atoms with van der Waals surface area (Å²) in [4.78, 5) is 2.23. The van der Waals surface area contributed by atoms with E-state index in [-0.39, 0.29) is 5.54 Å². The van der Waals surface area contributed by atoms with Crippen molar-refractivity contribution in [3.05, 3.63) is 34.3 Å². The topological polar surface area (TPSA) is 12.5 Å². The van der Waals surface area contributed by atoms with Crippen LogP contribution in [0.2, 0.25) is 0 Å². The van der Waals surface area contributed by atoms with E-state index in [0.717, 1.165) is 17.7 Å². The Morgan fingerprint density at radius 1 is 1.36 bits per heavy atom. The van der Waals surface area contributed by atoms with Crippen molar-refractivity contribution in [2.75, 3.05) is 27.3 Å². The van der Waals surface area contributed by atoms with Crippen molar-refractivity contribution in [2.24, 2.45) is 0 Å². The Morgan fingerprint density at radius 2 is 2.07 bits per heavy atom. The lowest BCUT2D eigenvalue weighted by atomic mass is 9.87. The average molecular weight is 256 g/mol. The molecule has 76 valence electrons. The second kappa shape index (κ2) is 3.65. The molecule has 1 fully saturated rings. The molecule has 1 heterocycles. The van der Waals surface area contributed by atoms with Gasteiger partial charge in [-0.05, 0) is 31.8 Å². The quantitative estimate of drug-likeness (QED) is 0.804. The molecule has 3 heteroatoms. The molecule has 1 aliphatic rings. The highest BCUT2D eigenvalue weighted by Crippen LogP contribution is 2.35. The molecule has 1 aromatic rings. The lowest BCUT2D eigenvalue weighted by molar-refractivity contribution is -0.130. The maximum Gasteiger partial charge on any atom is 0.0929 e. The number of halogens is 1. The van der Waals surface area contributed by atoms with Crippen molar-refractivity contribution >= 4 is 15.9 Å². The summed E-state index contributed by atoms with van der Waals surface area (Å²) in [5, 5.41) is 0. The van der Waals surface area contributed by atoms with E-state index in [1.54, 1.807) is 0 Å². The molecule has 0 bridgehead atoms. The molecule has 1 aromatic carbocycles. The molecule has 0 unspecified atom stereocenters. The number of rotatable bonds is 2. The third-order valence-electron chi connectivity index (χ3n) is 2.90. The molecular weight excluding hydrogens is 242 g/mol. The molecule has 0 aliphatic carbocycles. The molecule has 0 aromatic heterocycles. The van der Waals surface area contributed by atoms with Crippen molar-refractivity contribution < 1.29 is 4.74 Å². The Hall–Kier alpha value is -0.380. The monoisotopic (exact) mass is 255 g/mol. The summed E-state index contributed by atoms with van der Waals surface area (Å²) in [6.07, 6.45) is 0. The fourth-order valence-corrected chi connectivity index (χ4v) is 2.16. The molecule has 2 rings (SSSR count). The molecule has 0 atom stereocenters. The van der Waals surface area contributed by atoms with Gasteiger partial charge >= 0.3 is 0 Å². The van der Waals surface area contributed by atoms with Crippen LogP contribution in [-0.4, -0.2) is 32.2 Å². The fourth-order valence-electron chi connectivity index (χ4n) is 1.76. The summed E-state index contributed by atoms with van der Waals surface area (Å²) in [6, 6.07) is 8.45. The van der Waals surface area contributed by atoms with Crippen LogP contribution in [0.3, 0.4) is 0 Å². The Balaban J connectivity index is 2.37. The van der Waals surface area contributed by atoms with E-state index in [0.29, 0.717) is 0 Å². The van der Waals surface area contributed by atoms with Crippen LogP contribution in [0.25, 0.3) is 0 Å². The van der Waals surface area contributed by atoms with Crippen LogP contribution in [0, 0.1) is 0 Å². The summed E-state index contributed by atoms with van der Waals surface area (Å²) in [5.41, 5.74) is 1.41. The Morgan fingerprint density at radius 3 is 2.50 bits per heavy atom. The van der Waals surface area contributed by atoms with Crippen LogP contribution in [0.15, 0.2) is 28.7 Å². The Labute approximate surface area is 93.0 Å². The number of hydrogen-bond donors (Lipinski definition) is 0. The maximum absolute atomic E-state index is 5.34. The first-order chi connectivity index (χ1) is 6.65. The van der Waals surface area contributed by atoms with Gasteiger partial charge in [0.2, 0.25) is 0 Å². The zero-order valence-electron chi connectivity index (χ0n) is 8.46. The number of likely N-dealkylation sites (N-methyl/N-ethyl adjacent to an activating group) is 1. The minimum Gasteiger partial charge on any atom is -0.377 e. The van der Waals surface area contributed by atoms with Crippen LogP contribution in [0.1, 0.15) is 5.56 Å². The predicted molar refractivity (Wildman–Crippen MR) is 60.3 cm³/mol. The normalized spacial score (nSPS) is 19.4. The minimum absolute atomic E-state index is 0.0871. The largest absolute Gasteiger partial charge is 0.377 e. The second-order valence-electron chi connectivity index (χ2n) is 3.93. The van der Waals surface area contributed by atoms with Gasteiger partial charge in [-0.3, -0.25) is 4.90 Å². The Bertz CT molecular complexity index is 334. The third kappa shape index (κ3) is 1.49. The molecule has 2 nitrogen and oxygen atoms in total. The van der Waals surface area contributed by atoms with E-state index >= 15 is 0 Å². The first-order valence-electron chi connectivity index (χ1n) is 4.66. The highest BCUT2D eigenvalue weighted by Gasteiger charge is 2.42. The van der Waals surface area contributed by atoms with E-state index in [4.69, 9.17) is 4.74 Å². The molecule has 1 aliphatic heterocycles. The molecule has 0 radical (unpaired) electrons. The smallest absolute Gasteiger partial charge is 0.0929 e. The predicted octanol–water partition coefficient (Wildman–Crippen LogP) is 2.24. The van der Waals surface area contributed by atoms with Crippen molar-refractivity contribution in [3.63, 3.8) is 0 Å². The zero-order valence-corrected chi connectivity index (χ0v) is 10.0. The van der Waals surface area contributed by atoms with Gasteiger partial charge in [0.25, 0.3) is 0 Å². The summed E-state index contributed by atoms with van der Waals surface area (Å²) >= 11 is 3.50. The van der Waals surface area contributed by atoms with Gasteiger partial charge in [-0.2, -0.15) is 0 Å². The van der Waals surface area contributed by atoms with E-state index < -0.39 is 0 Å². The van der Waals surface area contributed by atoms with E-state index in [1.165, 1.54) is 5.56 Å². The molecule has 0 spiro atoms. The van der Waals surface area contributed by atoms with Crippen LogP contribution in [0.5, 0.6) is 0 Å². The van der Waals surface area contributed by atoms with Crippen molar-refractivity contribution in [2.45, 2.75) is 5.54 Å². The van der Waals surface area contributed by atoms with Crippen molar-refractivity contribution in [1.29, 1.82) is 0 Å². The van der Waals surface area contributed by atoms with Crippen LogP contribution in [-0.2, 0) is 10.3 Å². The van der Waals surface area contributed by atoms with Crippen LogP contribution < -0.4 is 0 Å².